The fourth-order valence-electron chi connectivity index (χ4n) is 1.37. The van der Waals surface area contributed by atoms with E-state index in [4.69, 9.17) is 9.47 Å². The van der Waals surface area contributed by atoms with E-state index in [1.165, 1.54) is 0 Å². The van der Waals surface area contributed by atoms with E-state index in [1.54, 1.807) is 7.05 Å². The molecule has 0 atom stereocenters. The first-order valence-electron chi connectivity index (χ1n) is 6.03. The molecule has 0 aromatic heterocycles. The highest BCUT2D eigenvalue weighted by Gasteiger charge is 2.03. The summed E-state index contributed by atoms with van der Waals surface area (Å²) in [4.78, 5) is 10.9. The van der Waals surface area contributed by atoms with Gasteiger partial charge in [-0.15, -0.1) is 0 Å². The highest BCUT2D eigenvalue weighted by atomic mass is 16.5. The van der Waals surface area contributed by atoms with E-state index in [9.17, 15) is 4.79 Å². The van der Waals surface area contributed by atoms with Gasteiger partial charge in [0.1, 0.15) is 6.61 Å². The number of nitrogens with one attached hydrogen (secondary N) is 2. The van der Waals surface area contributed by atoms with Crippen LogP contribution in [0.3, 0.4) is 0 Å². The highest BCUT2D eigenvalue weighted by molar-refractivity contribution is 5.77. The number of hydrogen-bond donors (Lipinski definition) is 2. The van der Waals surface area contributed by atoms with Crippen LogP contribution >= 0.6 is 0 Å². The van der Waals surface area contributed by atoms with Crippen LogP contribution in [0.5, 0.6) is 11.5 Å². The zero-order chi connectivity index (χ0) is 13.2. The second-order valence-electron chi connectivity index (χ2n) is 3.58. The zero-order valence-corrected chi connectivity index (χ0v) is 10.9. The van der Waals surface area contributed by atoms with Crippen LogP contribution in [0.25, 0.3) is 0 Å². The second kappa shape index (κ2) is 8.36. The molecule has 5 heteroatoms. The summed E-state index contributed by atoms with van der Waals surface area (Å²) in [6.45, 7) is 3.93. The van der Waals surface area contributed by atoms with E-state index in [0.29, 0.717) is 26.3 Å². The van der Waals surface area contributed by atoms with Crippen LogP contribution in [0.4, 0.5) is 0 Å². The Bertz CT molecular complexity index is 369. The van der Waals surface area contributed by atoms with Crippen LogP contribution in [-0.4, -0.2) is 39.3 Å². The van der Waals surface area contributed by atoms with E-state index < -0.39 is 0 Å². The van der Waals surface area contributed by atoms with Gasteiger partial charge < -0.3 is 20.1 Å². The third-order valence-electron chi connectivity index (χ3n) is 2.25. The molecule has 1 aromatic carbocycles. The summed E-state index contributed by atoms with van der Waals surface area (Å²) in [6, 6.07) is 7.54. The molecule has 18 heavy (non-hydrogen) atoms. The van der Waals surface area contributed by atoms with Crippen LogP contribution in [0.1, 0.15) is 6.92 Å². The summed E-state index contributed by atoms with van der Waals surface area (Å²) in [7, 11) is 1.61. The van der Waals surface area contributed by atoms with Crippen molar-refractivity contribution in [2.75, 3.05) is 33.4 Å². The number of benzene rings is 1. The summed E-state index contributed by atoms with van der Waals surface area (Å²) in [6.07, 6.45) is 0. The number of para-hydroxylation sites is 2. The maximum atomic E-state index is 10.9. The number of carbonyl (C=O) groups is 1. The molecule has 0 heterocycles. The molecular weight excluding hydrogens is 232 g/mol. The van der Waals surface area contributed by atoms with Gasteiger partial charge in [-0.2, -0.15) is 0 Å². The monoisotopic (exact) mass is 252 g/mol. The number of likely N-dealkylation sites (N-methyl/N-ethyl adjacent to an activating group) is 1. The first kappa shape index (κ1) is 14.3. The summed E-state index contributed by atoms with van der Waals surface area (Å²) in [5, 5.41) is 5.52. The molecule has 1 aromatic rings. The van der Waals surface area contributed by atoms with Gasteiger partial charge in [-0.25, -0.2) is 0 Å². The molecule has 100 valence electrons. The lowest BCUT2D eigenvalue weighted by Gasteiger charge is -2.11. The minimum Gasteiger partial charge on any atom is -0.490 e. The van der Waals surface area contributed by atoms with Gasteiger partial charge in [0.05, 0.1) is 13.2 Å². The van der Waals surface area contributed by atoms with Crippen molar-refractivity contribution in [2.24, 2.45) is 0 Å². The van der Waals surface area contributed by atoms with Crippen molar-refractivity contribution in [1.29, 1.82) is 0 Å². The standard InChI is InChI=1S/C13H20N2O3/c1-3-17-11-6-4-5-7-12(11)18-9-8-15-10-13(16)14-2/h4-7,15H,3,8-10H2,1-2H3,(H,14,16). The SMILES string of the molecule is CCOc1ccccc1OCCNCC(=O)NC. The molecule has 0 radical (unpaired) electrons. The maximum Gasteiger partial charge on any atom is 0.233 e. The minimum absolute atomic E-state index is 0.0373. The Hall–Kier alpha value is -1.75. The molecule has 0 saturated heterocycles. The van der Waals surface area contributed by atoms with E-state index >= 15 is 0 Å². The predicted octanol–water partition coefficient (Wildman–Crippen LogP) is 0.800. The van der Waals surface area contributed by atoms with Crippen molar-refractivity contribution < 1.29 is 14.3 Å². The fraction of sp³-hybridized carbons (Fsp3) is 0.462. The van der Waals surface area contributed by atoms with E-state index in [2.05, 4.69) is 10.6 Å². The van der Waals surface area contributed by atoms with Crippen molar-refractivity contribution in [1.82, 2.24) is 10.6 Å². The fourth-order valence-corrected chi connectivity index (χ4v) is 1.37. The Labute approximate surface area is 107 Å². The lowest BCUT2D eigenvalue weighted by molar-refractivity contribution is -0.119. The van der Waals surface area contributed by atoms with Gasteiger partial charge in [0, 0.05) is 13.6 Å². The minimum atomic E-state index is -0.0373. The van der Waals surface area contributed by atoms with Crippen LogP contribution in [0, 0.1) is 0 Å². The molecule has 1 rings (SSSR count). The molecule has 0 aliphatic carbocycles. The van der Waals surface area contributed by atoms with Crippen LogP contribution in [-0.2, 0) is 4.79 Å². The Morgan fingerprint density at radius 3 is 2.50 bits per heavy atom. The number of carbonyl (C=O) groups excluding carboxylic acids is 1. The molecule has 2 N–H and O–H groups in total. The van der Waals surface area contributed by atoms with E-state index in [0.717, 1.165) is 11.5 Å². The van der Waals surface area contributed by atoms with E-state index in [-0.39, 0.29) is 5.91 Å². The van der Waals surface area contributed by atoms with Gasteiger partial charge in [0.2, 0.25) is 5.91 Å². The van der Waals surface area contributed by atoms with E-state index in [1.807, 2.05) is 31.2 Å². The molecule has 1 amide bonds. The Morgan fingerprint density at radius 2 is 1.89 bits per heavy atom. The summed E-state index contributed by atoms with van der Waals surface area (Å²) < 4.78 is 11.0. The Kier molecular flexibility index (Phi) is 6.64. The number of ether oxygens (including phenoxy) is 2. The zero-order valence-electron chi connectivity index (χ0n) is 10.9. The van der Waals surface area contributed by atoms with Crippen molar-refractivity contribution in [3.8, 4) is 11.5 Å². The van der Waals surface area contributed by atoms with Crippen molar-refractivity contribution in [3.05, 3.63) is 24.3 Å². The molecule has 0 fully saturated rings. The molecule has 0 aliphatic heterocycles. The summed E-state index contributed by atoms with van der Waals surface area (Å²) in [5.74, 6) is 1.43. The van der Waals surface area contributed by atoms with Crippen molar-refractivity contribution in [2.45, 2.75) is 6.92 Å². The van der Waals surface area contributed by atoms with Gasteiger partial charge in [-0.1, -0.05) is 12.1 Å². The lowest BCUT2D eigenvalue weighted by atomic mass is 10.3. The number of hydrogen-bond acceptors (Lipinski definition) is 4. The average molecular weight is 252 g/mol. The topological polar surface area (TPSA) is 59.6 Å². The smallest absolute Gasteiger partial charge is 0.233 e. The molecule has 0 unspecified atom stereocenters. The van der Waals surface area contributed by atoms with Crippen LogP contribution < -0.4 is 20.1 Å². The summed E-state index contributed by atoms with van der Waals surface area (Å²) in [5.41, 5.74) is 0. The second-order valence-corrected chi connectivity index (χ2v) is 3.58. The molecule has 0 spiro atoms. The molecule has 5 nitrogen and oxygen atoms in total. The van der Waals surface area contributed by atoms with Crippen LogP contribution in [0.15, 0.2) is 24.3 Å². The normalized spacial score (nSPS) is 9.89. The first-order chi connectivity index (χ1) is 8.77. The Balaban J connectivity index is 2.28. The van der Waals surface area contributed by atoms with Gasteiger partial charge >= 0.3 is 0 Å². The number of amides is 1. The first-order valence-corrected chi connectivity index (χ1v) is 6.03. The lowest BCUT2D eigenvalue weighted by Crippen LogP contribution is -2.33. The highest BCUT2D eigenvalue weighted by Crippen LogP contribution is 2.25. The van der Waals surface area contributed by atoms with Gasteiger partial charge in [0.15, 0.2) is 11.5 Å². The van der Waals surface area contributed by atoms with Gasteiger partial charge in [-0.05, 0) is 19.1 Å². The predicted molar refractivity (Wildman–Crippen MR) is 70.0 cm³/mol. The van der Waals surface area contributed by atoms with Crippen molar-refractivity contribution >= 4 is 5.91 Å². The molecule has 0 aliphatic rings. The largest absolute Gasteiger partial charge is 0.490 e. The molecule has 0 bridgehead atoms. The average Bonchev–Trinajstić information content (AvgIpc) is 2.40. The summed E-state index contributed by atoms with van der Waals surface area (Å²) >= 11 is 0. The third kappa shape index (κ3) is 5.05. The number of rotatable bonds is 8. The third-order valence-corrected chi connectivity index (χ3v) is 2.25. The molecule has 0 saturated carbocycles. The van der Waals surface area contributed by atoms with Crippen LogP contribution in [0.2, 0.25) is 0 Å². The Morgan fingerprint density at radius 1 is 1.22 bits per heavy atom. The maximum absolute atomic E-state index is 10.9. The quantitative estimate of drug-likeness (QED) is 0.672. The van der Waals surface area contributed by atoms with Gasteiger partial charge in [-0.3, -0.25) is 4.79 Å². The van der Waals surface area contributed by atoms with Crippen molar-refractivity contribution in [3.63, 3.8) is 0 Å². The van der Waals surface area contributed by atoms with Gasteiger partial charge in [0.25, 0.3) is 0 Å². The molecular formula is C13H20N2O3.